The summed E-state index contributed by atoms with van der Waals surface area (Å²) in [5, 5.41) is 11.0. The van der Waals surface area contributed by atoms with E-state index in [1.54, 1.807) is 29.9 Å². The minimum Gasteiger partial charge on any atom is -0.505 e. The van der Waals surface area contributed by atoms with Gasteiger partial charge in [-0.3, -0.25) is 0 Å². The second-order valence-corrected chi connectivity index (χ2v) is 4.74. The number of carbonyl (C=O) groups is 1. The number of esters is 1. The Morgan fingerprint density at radius 3 is 2.45 bits per heavy atom. The molecular weight excluding hydrogens is 282 g/mol. The molecular formula is C17H15NO4. The van der Waals surface area contributed by atoms with Crippen LogP contribution in [0.25, 0.3) is 16.6 Å². The van der Waals surface area contributed by atoms with E-state index in [1.807, 2.05) is 30.3 Å². The Labute approximate surface area is 127 Å². The summed E-state index contributed by atoms with van der Waals surface area (Å²) in [6, 6.07) is 14.6. The van der Waals surface area contributed by atoms with Gasteiger partial charge in [-0.15, -0.1) is 0 Å². The lowest BCUT2D eigenvalue weighted by Crippen LogP contribution is -2.09. The van der Waals surface area contributed by atoms with E-state index in [0.29, 0.717) is 16.7 Å². The van der Waals surface area contributed by atoms with Gasteiger partial charge >= 0.3 is 5.97 Å². The molecule has 5 nitrogen and oxygen atoms in total. The van der Waals surface area contributed by atoms with E-state index >= 15 is 0 Å². The molecule has 22 heavy (non-hydrogen) atoms. The zero-order chi connectivity index (χ0) is 15.7. The third-order valence-corrected chi connectivity index (χ3v) is 3.54. The fraction of sp³-hybridized carbons (Fsp3) is 0.118. The van der Waals surface area contributed by atoms with Crippen LogP contribution >= 0.6 is 0 Å². The molecule has 0 fully saturated rings. The molecule has 1 N–H and O–H groups in total. The second kappa shape index (κ2) is 5.44. The molecule has 1 heterocycles. The highest BCUT2D eigenvalue weighted by Crippen LogP contribution is 2.37. The Kier molecular flexibility index (Phi) is 3.47. The molecule has 0 aliphatic heterocycles. The van der Waals surface area contributed by atoms with Crippen molar-refractivity contribution in [3.05, 3.63) is 54.2 Å². The molecule has 0 amide bonds. The van der Waals surface area contributed by atoms with Gasteiger partial charge in [-0.05, 0) is 30.3 Å². The van der Waals surface area contributed by atoms with E-state index in [-0.39, 0.29) is 11.4 Å². The summed E-state index contributed by atoms with van der Waals surface area (Å²) < 4.78 is 11.7. The molecule has 3 aromatic rings. The number of rotatable bonds is 3. The SMILES string of the molecule is COC(=O)c1c(O)c2cc(OC)ccc2n1-c1ccccc1. The van der Waals surface area contributed by atoms with Crippen LogP contribution in [0.15, 0.2) is 48.5 Å². The number of hydrogen-bond acceptors (Lipinski definition) is 4. The molecule has 0 atom stereocenters. The fourth-order valence-electron chi connectivity index (χ4n) is 2.51. The van der Waals surface area contributed by atoms with Crippen LogP contribution in [0.1, 0.15) is 10.5 Å². The number of ether oxygens (including phenoxy) is 2. The van der Waals surface area contributed by atoms with E-state index in [0.717, 1.165) is 5.69 Å². The number of carbonyl (C=O) groups excluding carboxylic acids is 1. The van der Waals surface area contributed by atoms with Gasteiger partial charge in [0, 0.05) is 11.1 Å². The second-order valence-electron chi connectivity index (χ2n) is 4.74. The maximum atomic E-state index is 12.1. The van der Waals surface area contributed by atoms with Gasteiger partial charge in [-0.25, -0.2) is 4.79 Å². The molecule has 2 aromatic carbocycles. The molecule has 0 bridgehead atoms. The molecule has 5 heteroatoms. The van der Waals surface area contributed by atoms with E-state index in [4.69, 9.17) is 9.47 Å². The molecule has 0 saturated heterocycles. The zero-order valence-electron chi connectivity index (χ0n) is 12.2. The lowest BCUT2D eigenvalue weighted by atomic mass is 10.2. The van der Waals surface area contributed by atoms with Gasteiger partial charge in [0.1, 0.15) is 5.75 Å². The predicted molar refractivity (Wildman–Crippen MR) is 82.8 cm³/mol. The number of methoxy groups -OCH3 is 2. The highest BCUT2D eigenvalue weighted by Gasteiger charge is 2.24. The van der Waals surface area contributed by atoms with Crippen molar-refractivity contribution in [2.75, 3.05) is 14.2 Å². The minimum atomic E-state index is -0.600. The third kappa shape index (κ3) is 2.07. The average molecular weight is 297 g/mol. The molecule has 0 aliphatic carbocycles. The summed E-state index contributed by atoms with van der Waals surface area (Å²) in [6.07, 6.45) is 0. The largest absolute Gasteiger partial charge is 0.505 e. The summed E-state index contributed by atoms with van der Waals surface area (Å²) in [5.41, 5.74) is 1.56. The summed E-state index contributed by atoms with van der Waals surface area (Å²) in [5.74, 6) is -0.120. The molecule has 0 aliphatic rings. The maximum Gasteiger partial charge on any atom is 0.358 e. The highest BCUT2D eigenvalue weighted by molar-refractivity contribution is 6.03. The smallest absolute Gasteiger partial charge is 0.358 e. The van der Waals surface area contributed by atoms with Crippen LogP contribution in [0.5, 0.6) is 11.5 Å². The van der Waals surface area contributed by atoms with E-state index in [1.165, 1.54) is 7.11 Å². The number of benzene rings is 2. The molecule has 0 unspecified atom stereocenters. The third-order valence-electron chi connectivity index (χ3n) is 3.54. The molecule has 0 radical (unpaired) electrons. The molecule has 1 aromatic heterocycles. The van der Waals surface area contributed by atoms with Crippen molar-refractivity contribution in [2.45, 2.75) is 0 Å². The van der Waals surface area contributed by atoms with Gasteiger partial charge in [0.2, 0.25) is 0 Å². The Hall–Kier alpha value is -2.95. The first-order valence-electron chi connectivity index (χ1n) is 6.72. The van der Waals surface area contributed by atoms with Gasteiger partial charge in [-0.2, -0.15) is 0 Å². The zero-order valence-corrected chi connectivity index (χ0v) is 12.2. The van der Waals surface area contributed by atoms with Crippen LogP contribution in [-0.4, -0.2) is 29.9 Å². The predicted octanol–water partition coefficient (Wildman–Crippen LogP) is 3.13. The van der Waals surface area contributed by atoms with Gasteiger partial charge in [0.05, 0.1) is 19.7 Å². The summed E-state index contributed by atoms with van der Waals surface area (Å²) >= 11 is 0. The van der Waals surface area contributed by atoms with Gasteiger partial charge in [-0.1, -0.05) is 18.2 Å². The van der Waals surface area contributed by atoms with Crippen molar-refractivity contribution >= 4 is 16.9 Å². The molecule has 3 rings (SSSR count). The molecule has 0 spiro atoms. The summed E-state index contributed by atoms with van der Waals surface area (Å²) in [7, 11) is 2.84. The Morgan fingerprint density at radius 2 is 1.82 bits per heavy atom. The van der Waals surface area contributed by atoms with Crippen molar-refractivity contribution in [3.63, 3.8) is 0 Å². The number of para-hydroxylation sites is 1. The van der Waals surface area contributed by atoms with Crippen molar-refractivity contribution in [2.24, 2.45) is 0 Å². The average Bonchev–Trinajstić information content (AvgIpc) is 2.87. The van der Waals surface area contributed by atoms with Crippen molar-refractivity contribution in [3.8, 4) is 17.2 Å². The van der Waals surface area contributed by atoms with Crippen molar-refractivity contribution in [1.82, 2.24) is 4.57 Å². The first kappa shape index (κ1) is 14.0. The molecule has 112 valence electrons. The highest BCUT2D eigenvalue weighted by atomic mass is 16.5. The topological polar surface area (TPSA) is 60.7 Å². The number of hydrogen-bond donors (Lipinski definition) is 1. The van der Waals surface area contributed by atoms with E-state index in [2.05, 4.69) is 0 Å². The van der Waals surface area contributed by atoms with Crippen LogP contribution in [0.2, 0.25) is 0 Å². The quantitative estimate of drug-likeness (QED) is 0.754. The first-order chi connectivity index (χ1) is 10.7. The Balaban J connectivity index is 2.39. The monoisotopic (exact) mass is 297 g/mol. The van der Waals surface area contributed by atoms with Gasteiger partial charge in [0.25, 0.3) is 0 Å². The lowest BCUT2D eigenvalue weighted by molar-refractivity contribution is 0.0588. The minimum absolute atomic E-state index is 0.0944. The number of aromatic nitrogens is 1. The van der Waals surface area contributed by atoms with Crippen molar-refractivity contribution < 1.29 is 19.4 Å². The Morgan fingerprint density at radius 1 is 1.09 bits per heavy atom. The van der Waals surface area contributed by atoms with Crippen LogP contribution < -0.4 is 4.74 Å². The fourth-order valence-corrected chi connectivity index (χ4v) is 2.51. The van der Waals surface area contributed by atoms with E-state index in [9.17, 15) is 9.90 Å². The standard InChI is InChI=1S/C17H15NO4/c1-21-12-8-9-14-13(10-12)16(19)15(17(20)22-2)18(14)11-6-4-3-5-7-11/h3-10,19H,1-2H3. The normalized spacial score (nSPS) is 10.6. The number of nitrogens with zero attached hydrogens (tertiary/aromatic N) is 1. The number of aromatic hydroxyl groups is 1. The first-order valence-corrected chi connectivity index (χ1v) is 6.72. The Bertz CT molecular complexity index is 837. The number of fused-ring (bicyclic) bond motifs is 1. The van der Waals surface area contributed by atoms with Crippen LogP contribution in [-0.2, 0) is 4.74 Å². The summed E-state index contributed by atoms with van der Waals surface area (Å²) in [4.78, 5) is 12.1. The lowest BCUT2D eigenvalue weighted by Gasteiger charge is -2.09. The van der Waals surface area contributed by atoms with Gasteiger partial charge in [0.15, 0.2) is 11.4 Å². The maximum absolute atomic E-state index is 12.1. The van der Waals surface area contributed by atoms with Crippen LogP contribution in [0, 0.1) is 0 Å². The van der Waals surface area contributed by atoms with Crippen LogP contribution in [0.4, 0.5) is 0 Å². The van der Waals surface area contributed by atoms with Gasteiger partial charge < -0.3 is 19.1 Å². The van der Waals surface area contributed by atoms with Crippen LogP contribution in [0.3, 0.4) is 0 Å². The molecule has 0 saturated carbocycles. The summed E-state index contributed by atoms with van der Waals surface area (Å²) in [6.45, 7) is 0. The van der Waals surface area contributed by atoms with Crippen molar-refractivity contribution in [1.29, 1.82) is 0 Å². The van der Waals surface area contributed by atoms with E-state index < -0.39 is 5.97 Å².